The number of aromatic nitrogens is 1. The molecular formula is C58H36N2OS. The number of hydrogen-bond acceptors (Lipinski definition) is 3. The minimum atomic E-state index is 0.876. The fraction of sp³-hybridized carbons (Fsp3) is 0. The van der Waals surface area contributed by atoms with Gasteiger partial charge >= 0.3 is 0 Å². The number of nitrogens with zero attached hydrogens (tertiary/aromatic N) is 2. The summed E-state index contributed by atoms with van der Waals surface area (Å²) in [6, 6.07) is 79.2. The zero-order valence-corrected chi connectivity index (χ0v) is 34.3. The van der Waals surface area contributed by atoms with Gasteiger partial charge in [0.15, 0.2) is 0 Å². The van der Waals surface area contributed by atoms with E-state index in [-0.39, 0.29) is 0 Å². The lowest BCUT2D eigenvalue weighted by atomic mass is 9.96. The quantitative estimate of drug-likeness (QED) is 0.167. The molecule has 13 aromatic rings. The van der Waals surface area contributed by atoms with Crippen LogP contribution in [0.2, 0.25) is 0 Å². The molecule has 0 aliphatic rings. The van der Waals surface area contributed by atoms with Gasteiger partial charge in [-0.1, -0.05) is 158 Å². The molecule has 13 rings (SSSR count). The average molecular weight is 809 g/mol. The highest BCUT2D eigenvalue weighted by Gasteiger charge is 2.24. The highest BCUT2D eigenvalue weighted by molar-refractivity contribution is 7.26. The van der Waals surface area contributed by atoms with Gasteiger partial charge in [0.2, 0.25) is 0 Å². The van der Waals surface area contributed by atoms with Gasteiger partial charge in [0.05, 0.1) is 28.1 Å². The van der Waals surface area contributed by atoms with Crippen molar-refractivity contribution in [1.82, 2.24) is 4.57 Å². The van der Waals surface area contributed by atoms with Gasteiger partial charge in [-0.2, -0.15) is 0 Å². The molecule has 0 N–H and O–H groups in total. The van der Waals surface area contributed by atoms with Crippen molar-refractivity contribution in [1.29, 1.82) is 0 Å². The Morgan fingerprint density at radius 2 is 1.02 bits per heavy atom. The fourth-order valence-corrected chi connectivity index (χ4v) is 11.1. The number of para-hydroxylation sites is 5. The van der Waals surface area contributed by atoms with E-state index < -0.39 is 0 Å². The lowest BCUT2D eigenvalue weighted by molar-refractivity contribution is 0.673. The summed E-state index contributed by atoms with van der Waals surface area (Å²) in [4.78, 5) is 2.45. The van der Waals surface area contributed by atoms with E-state index in [2.05, 4.69) is 228 Å². The van der Waals surface area contributed by atoms with Crippen molar-refractivity contribution >= 4 is 103 Å². The molecule has 3 nitrogen and oxygen atoms in total. The molecule has 0 amide bonds. The first-order valence-electron chi connectivity index (χ1n) is 21.1. The second-order valence-corrected chi connectivity index (χ2v) is 17.0. The van der Waals surface area contributed by atoms with Crippen LogP contribution in [0.1, 0.15) is 0 Å². The van der Waals surface area contributed by atoms with Gasteiger partial charge in [0, 0.05) is 58.4 Å². The van der Waals surface area contributed by atoms with Crippen molar-refractivity contribution in [2.45, 2.75) is 0 Å². The summed E-state index contributed by atoms with van der Waals surface area (Å²) in [5, 5.41) is 9.59. The SMILES string of the molecule is c1ccc(N(c2ccc(-c3cccc4c3sc3ccccc34)cc2)c2ccccc2-n2c3ccccc3c3ccccc32)c(-c2cccc3oc4c5ccccc5ccc4c23)c1. The average Bonchev–Trinajstić information content (AvgIpc) is 4.02. The summed E-state index contributed by atoms with van der Waals surface area (Å²) in [6.07, 6.45) is 0. The highest BCUT2D eigenvalue weighted by Crippen LogP contribution is 2.48. The molecule has 0 saturated carbocycles. The van der Waals surface area contributed by atoms with Crippen LogP contribution in [-0.4, -0.2) is 4.57 Å². The monoisotopic (exact) mass is 808 g/mol. The Bertz CT molecular complexity index is 3830. The highest BCUT2D eigenvalue weighted by atomic mass is 32.1. The van der Waals surface area contributed by atoms with Gasteiger partial charge in [0.25, 0.3) is 0 Å². The summed E-state index contributed by atoms with van der Waals surface area (Å²) in [6.45, 7) is 0. The van der Waals surface area contributed by atoms with Crippen molar-refractivity contribution in [2.75, 3.05) is 4.90 Å². The van der Waals surface area contributed by atoms with Gasteiger partial charge < -0.3 is 13.9 Å². The van der Waals surface area contributed by atoms with Crippen LogP contribution in [0.25, 0.3) is 103 Å². The van der Waals surface area contributed by atoms with Gasteiger partial charge in [-0.05, 0) is 82.7 Å². The standard InChI is InChI=1S/C58H36N2OS/c1-2-16-40-37(15-1)33-36-48-56-46(22-14-29-54(56)61-57(40)48)44-19-5-7-24-49(44)59(39-34-31-38(32-35-39)41-21-13-23-47-45-20-6-12-30-55(45)62-58(41)47)52-27-10-11-28-53(52)60-50-25-8-3-17-42(50)43-18-4-9-26-51(43)60/h1-36H. The van der Waals surface area contributed by atoms with E-state index in [4.69, 9.17) is 4.42 Å². The van der Waals surface area contributed by atoms with Crippen LogP contribution in [0.15, 0.2) is 223 Å². The summed E-state index contributed by atoms with van der Waals surface area (Å²) in [7, 11) is 0. The van der Waals surface area contributed by atoms with Crippen molar-refractivity contribution in [3.8, 4) is 27.9 Å². The molecule has 0 bridgehead atoms. The van der Waals surface area contributed by atoms with Gasteiger partial charge in [0.1, 0.15) is 11.2 Å². The number of hydrogen-bond donors (Lipinski definition) is 0. The normalized spacial score (nSPS) is 11.9. The van der Waals surface area contributed by atoms with Crippen molar-refractivity contribution < 1.29 is 4.42 Å². The molecule has 0 saturated heterocycles. The summed E-state index contributed by atoms with van der Waals surface area (Å²) in [5.41, 5.74) is 13.1. The second kappa shape index (κ2) is 13.8. The van der Waals surface area contributed by atoms with Gasteiger partial charge in [-0.25, -0.2) is 0 Å². The number of rotatable bonds is 6. The number of fused-ring (bicyclic) bond motifs is 11. The lowest BCUT2D eigenvalue weighted by Gasteiger charge is -2.30. The first-order chi connectivity index (χ1) is 30.8. The number of furan rings is 1. The van der Waals surface area contributed by atoms with Crippen molar-refractivity contribution in [3.63, 3.8) is 0 Å². The molecule has 0 fully saturated rings. The molecule has 0 radical (unpaired) electrons. The van der Waals surface area contributed by atoms with Crippen LogP contribution in [-0.2, 0) is 0 Å². The second-order valence-electron chi connectivity index (χ2n) is 16.0. The minimum absolute atomic E-state index is 0.876. The zero-order chi connectivity index (χ0) is 40.7. The number of anilines is 3. The van der Waals surface area contributed by atoms with E-state index in [0.29, 0.717) is 0 Å². The summed E-state index contributed by atoms with van der Waals surface area (Å²) in [5.74, 6) is 0. The van der Waals surface area contributed by atoms with Crippen molar-refractivity contribution in [3.05, 3.63) is 218 Å². The van der Waals surface area contributed by atoms with Gasteiger partial charge in [-0.3, -0.25) is 0 Å². The van der Waals surface area contributed by atoms with E-state index in [1.807, 2.05) is 11.3 Å². The smallest absolute Gasteiger partial charge is 0.143 e. The maximum atomic E-state index is 6.74. The Labute approximate surface area is 361 Å². The molecule has 10 aromatic carbocycles. The Morgan fingerprint density at radius 3 is 1.84 bits per heavy atom. The van der Waals surface area contributed by atoms with Crippen LogP contribution in [0.3, 0.4) is 0 Å². The first kappa shape index (κ1) is 34.9. The minimum Gasteiger partial charge on any atom is -0.455 e. The topological polar surface area (TPSA) is 21.3 Å². The van der Waals surface area contributed by atoms with Crippen molar-refractivity contribution in [2.24, 2.45) is 0 Å². The summed E-state index contributed by atoms with van der Waals surface area (Å²) < 4.78 is 11.8. The largest absolute Gasteiger partial charge is 0.455 e. The van der Waals surface area contributed by atoms with E-state index >= 15 is 0 Å². The lowest BCUT2D eigenvalue weighted by Crippen LogP contribution is -2.14. The predicted octanol–water partition coefficient (Wildman–Crippen LogP) is 17.0. The molecule has 290 valence electrons. The Kier molecular flexibility index (Phi) is 7.78. The zero-order valence-electron chi connectivity index (χ0n) is 33.5. The molecule has 0 aliphatic carbocycles. The predicted molar refractivity (Wildman–Crippen MR) is 264 cm³/mol. The van der Waals surface area contributed by atoms with E-state index in [9.17, 15) is 0 Å². The molecule has 0 spiro atoms. The Morgan fingerprint density at radius 1 is 0.403 bits per heavy atom. The van der Waals surface area contributed by atoms with E-state index in [0.717, 1.165) is 61.2 Å². The third kappa shape index (κ3) is 5.24. The fourth-order valence-electron chi connectivity index (χ4n) is 9.87. The maximum absolute atomic E-state index is 6.74. The molecule has 0 atom stereocenters. The number of thiophene rings is 1. The molecule has 3 aromatic heterocycles. The molecule has 4 heteroatoms. The van der Waals surface area contributed by atoms with Crippen LogP contribution in [0.5, 0.6) is 0 Å². The molecule has 62 heavy (non-hydrogen) atoms. The summed E-state index contributed by atoms with van der Waals surface area (Å²) >= 11 is 1.87. The van der Waals surface area contributed by atoms with Crippen LogP contribution < -0.4 is 4.90 Å². The van der Waals surface area contributed by atoms with Gasteiger partial charge in [-0.15, -0.1) is 11.3 Å². The van der Waals surface area contributed by atoms with E-state index in [1.165, 1.54) is 58.5 Å². The molecular weight excluding hydrogens is 773 g/mol. The number of benzene rings is 10. The Hall–Kier alpha value is -7.92. The third-order valence-electron chi connectivity index (χ3n) is 12.6. The first-order valence-corrected chi connectivity index (χ1v) is 21.9. The van der Waals surface area contributed by atoms with E-state index in [1.54, 1.807) is 0 Å². The molecule has 3 heterocycles. The van der Waals surface area contributed by atoms with Crippen LogP contribution in [0.4, 0.5) is 17.1 Å². The Balaban J connectivity index is 1.06. The molecule has 0 aliphatic heterocycles. The van der Waals surface area contributed by atoms with Crippen LogP contribution in [0, 0.1) is 0 Å². The maximum Gasteiger partial charge on any atom is 0.143 e. The third-order valence-corrected chi connectivity index (χ3v) is 13.8. The molecule has 0 unspecified atom stereocenters. The van der Waals surface area contributed by atoms with Crippen LogP contribution >= 0.6 is 11.3 Å².